The molecule has 0 saturated heterocycles. The number of nitrogens with zero attached hydrogens (tertiary/aromatic N) is 2. The summed E-state index contributed by atoms with van der Waals surface area (Å²) in [5, 5.41) is 0.672. The Morgan fingerprint density at radius 1 is 1.35 bits per heavy atom. The van der Waals surface area contributed by atoms with E-state index >= 15 is 0 Å². The third-order valence-corrected chi connectivity index (χ3v) is 4.34. The van der Waals surface area contributed by atoms with E-state index in [9.17, 15) is 4.79 Å². The molecule has 2 heterocycles. The van der Waals surface area contributed by atoms with Gasteiger partial charge in [-0.05, 0) is 31.2 Å². The Kier molecular flexibility index (Phi) is 2.30. The molecule has 3 rings (SSSR count). The van der Waals surface area contributed by atoms with E-state index < -0.39 is 0 Å². The number of hydrogen-bond donors (Lipinski definition) is 3. The number of aromatic nitrogens is 2. The predicted octanol–water partition coefficient (Wildman–Crippen LogP) is 0.336. The standard InChI is InChI=1S/C10H13N5OS/c11-14-10-13-8-7(9(16)15(10)12)5-3-1-2-4-6(5)17-8/h1-4,11-12H2,(H,13,14). The number of hydrazine groups is 1. The first-order valence-electron chi connectivity index (χ1n) is 5.51. The lowest BCUT2D eigenvalue weighted by molar-refractivity contribution is 0.699. The molecule has 1 aliphatic carbocycles. The van der Waals surface area contributed by atoms with Crippen LogP contribution in [0, 0.1) is 0 Å². The van der Waals surface area contributed by atoms with Crippen LogP contribution >= 0.6 is 11.3 Å². The summed E-state index contributed by atoms with van der Waals surface area (Å²) in [5.74, 6) is 11.1. The Balaban J connectivity index is 2.39. The van der Waals surface area contributed by atoms with Crippen molar-refractivity contribution in [1.29, 1.82) is 0 Å². The van der Waals surface area contributed by atoms with E-state index in [1.54, 1.807) is 11.3 Å². The quantitative estimate of drug-likeness (QED) is 0.501. The zero-order valence-electron chi connectivity index (χ0n) is 9.19. The molecule has 90 valence electrons. The van der Waals surface area contributed by atoms with Crippen LogP contribution in [-0.4, -0.2) is 9.66 Å². The second kappa shape index (κ2) is 3.71. The largest absolute Gasteiger partial charge is 0.333 e. The van der Waals surface area contributed by atoms with E-state index in [1.807, 2.05) is 0 Å². The van der Waals surface area contributed by atoms with Crippen LogP contribution in [0.3, 0.4) is 0 Å². The zero-order chi connectivity index (χ0) is 12.0. The van der Waals surface area contributed by atoms with E-state index in [1.165, 1.54) is 11.3 Å². The Morgan fingerprint density at radius 3 is 2.88 bits per heavy atom. The molecule has 6 nitrogen and oxygen atoms in total. The summed E-state index contributed by atoms with van der Waals surface area (Å²) in [6.07, 6.45) is 4.28. The topological polar surface area (TPSA) is 99.0 Å². The molecule has 2 aromatic rings. The first-order chi connectivity index (χ1) is 8.22. The summed E-state index contributed by atoms with van der Waals surface area (Å²) in [5.41, 5.74) is 3.26. The van der Waals surface area contributed by atoms with Gasteiger partial charge >= 0.3 is 0 Å². The van der Waals surface area contributed by atoms with E-state index in [-0.39, 0.29) is 11.5 Å². The molecule has 17 heavy (non-hydrogen) atoms. The Morgan fingerprint density at radius 2 is 2.12 bits per heavy atom. The van der Waals surface area contributed by atoms with Gasteiger partial charge in [0, 0.05) is 4.88 Å². The van der Waals surface area contributed by atoms with Gasteiger partial charge in [0.05, 0.1) is 5.39 Å². The Hall–Kier alpha value is -1.60. The molecule has 0 aliphatic heterocycles. The third-order valence-electron chi connectivity index (χ3n) is 3.15. The van der Waals surface area contributed by atoms with Gasteiger partial charge < -0.3 is 5.84 Å². The van der Waals surface area contributed by atoms with Gasteiger partial charge in [0.1, 0.15) is 4.83 Å². The molecule has 0 unspecified atom stereocenters. The van der Waals surface area contributed by atoms with E-state index in [4.69, 9.17) is 11.7 Å². The molecule has 0 radical (unpaired) electrons. The van der Waals surface area contributed by atoms with Crippen LogP contribution in [0.1, 0.15) is 23.3 Å². The molecule has 0 spiro atoms. The zero-order valence-corrected chi connectivity index (χ0v) is 10.0. The van der Waals surface area contributed by atoms with Crippen LogP contribution in [0.25, 0.3) is 10.2 Å². The van der Waals surface area contributed by atoms with E-state index in [0.29, 0.717) is 5.39 Å². The Labute approximate surface area is 101 Å². The van der Waals surface area contributed by atoms with Crippen LogP contribution in [0.4, 0.5) is 5.95 Å². The highest BCUT2D eigenvalue weighted by molar-refractivity contribution is 7.18. The molecule has 0 saturated carbocycles. The average molecular weight is 251 g/mol. The van der Waals surface area contributed by atoms with Crippen molar-refractivity contribution in [2.24, 2.45) is 5.84 Å². The number of nitrogen functional groups attached to an aromatic ring is 2. The summed E-state index contributed by atoms with van der Waals surface area (Å²) in [6, 6.07) is 0. The SMILES string of the molecule is NNc1nc2sc3c(c2c(=O)n1N)CCCC3. The van der Waals surface area contributed by atoms with Gasteiger partial charge in [-0.2, -0.15) is 4.68 Å². The minimum Gasteiger partial charge on any atom is -0.333 e. The number of hydrogen-bond acceptors (Lipinski definition) is 6. The maximum absolute atomic E-state index is 12.2. The summed E-state index contributed by atoms with van der Waals surface area (Å²) >= 11 is 1.58. The van der Waals surface area contributed by atoms with Crippen molar-refractivity contribution in [2.75, 3.05) is 11.3 Å². The Bertz CT molecular complexity index is 644. The first-order valence-corrected chi connectivity index (χ1v) is 6.33. The van der Waals surface area contributed by atoms with Crippen LogP contribution in [0.15, 0.2) is 4.79 Å². The third kappa shape index (κ3) is 1.43. The molecular formula is C10H13N5OS. The number of thiophene rings is 1. The molecule has 0 atom stereocenters. The van der Waals surface area contributed by atoms with Crippen LogP contribution in [0.5, 0.6) is 0 Å². The van der Waals surface area contributed by atoms with E-state index in [0.717, 1.165) is 34.3 Å². The van der Waals surface area contributed by atoms with Crippen molar-refractivity contribution in [1.82, 2.24) is 9.66 Å². The number of aryl methyl sites for hydroxylation is 2. The fraction of sp³-hybridized carbons (Fsp3) is 0.400. The lowest BCUT2D eigenvalue weighted by atomic mass is 9.97. The van der Waals surface area contributed by atoms with Gasteiger partial charge in [-0.25, -0.2) is 10.8 Å². The normalized spacial score (nSPS) is 14.9. The first kappa shape index (κ1) is 10.5. The maximum atomic E-state index is 12.2. The summed E-state index contributed by atoms with van der Waals surface area (Å²) in [7, 11) is 0. The van der Waals surface area contributed by atoms with Gasteiger partial charge in [0.2, 0.25) is 5.95 Å². The van der Waals surface area contributed by atoms with Crippen molar-refractivity contribution in [3.8, 4) is 0 Å². The molecule has 0 amide bonds. The second-order valence-corrected chi connectivity index (χ2v) is 5.23. The van der Waals surface area contributed by atoms with Crippen molar-refractivity contribution >= 4 is 27.5 Å². The highest BCUT2D eigenvalue weighted by atomic mass is 32.1. The fourth-order valence-electron chi connectivity index (χ4n) is 2.32. The van der Waals surface area contributed by atoms with Crippen LogP contribution in [-0.2, 0) is 12.8 Å². The van der Waals surface area contributed by atoms with Gasteiger partial charge in [-0.1, -0.05) is 0 Å². The van der Waals surface area contributed by atoms with Crippen LogP contribution < -0.4 is 22.7 Å². The summed E-state index contributed by atoms with van der Waals surface area (Å²) in [4.78, 5) is 18.4. The van der Waals surface area contributed by atoms with Crippen molar-refractivity contribution in [2.45, 2.75) is 25.7 Å². The number of anilines is 1. The van der Waals surface area contributed by atoms with Gasteiger partial charge in [0.15, 0.2) is 0 Å². The highest BCUT2D eigenvalue weighted by Gasteiger charge is 2.21. The van der Waals surface area contributed by atoms with Gasteiger partial charge in [0.25, 0.3) is 5.56 Å². The van der Waals surface area contributed by atoms with Gasteiger partial charge in [-0.15, -0.1) is 11.3 Å². The number of rotatable bonds is 1. The lowest BCUT2D eigenvalue weighted by Gasteiger charge is -2.10. The summed E-state index contributed by atoms with van der Waals surface area (Å²) in [6.45, 7) is 0. The minimum absolute atomic E-state index is 0.195. The molecular weight excluding hydrogens is 238 g/mol. The molecule has 0 bridgehead atoms. The molecule has 5 N–H and O–H groups in total. The number of fused-ring (bicyclic) bond motifs is 3. The smallest absolute Gasteiger partial charge is 0.282 e. The highest BCUT2D eigenvalue weighted by Crippen LogP contribution is 2.33. The van der Waals surface area contributed by atoms with E-state index in [2.05, 4.69) is 10.4 Å². The minimum atomic E-state index is -0.220. The molecule has 0 aromatic carbocycles. The monoisotopic (exact) mass is 251 g/mol. The van der Waals surface area contributed by atoms with Crippen molar-refractivity contribution in [3.05, 3.63) is 20.8 Å². The predicted molar refractivity (Wildman–Crippen MR) is 68.5 cm³/mol. The molecule has 0 fully saturated rings. The summed E-state index contributed by atoms with van der Waals surface area (Å²) < 4.78 is 0.976. The van der Waals surface area contributed by atoms with Gasteiger partial charge in [-0.3, -0.25) is 10.2 Å². The van der Waals surface area contributed by atoms with Crippen LogP contribution in [0.2, 0.25) is 0 Å². The number of nitrogens with one attached hydrogen (secondary N) is 1. The average Bonchev–Trinajstić information content (AvgIpc) is 2.72. The fourth-order valence-corrected chi connectivity index (χ4v) is 3.57. The maximum Gasteiger partial charge on any atom is 0.282 e. The molecule has 2 aromatic heterocycles. The van der Waals surface area contributed by atoms with Crippen molar-refractivity contribution in [3.63, 3.8) is 0 Å². The lowest BCUT2D eigenvalue weighted by Crippen LogP contribution is -2.32. The molecule has 7 heteroatoms. The second-order valence-electron chi connectivity index (χ2n) is 4.15. The number of nitrogens with two attached hydrogens (primary N) is 2. The molecule has 1 aliphatic rings. The van der Waals surface area contributed by atoms with Crippen molar-refractivity contribution < 1.29 is 0 Å².